The Balaban J connectivity index is 2.19. The van der Waals surface area contributed by atoms with E-state index in [9.17, 15) is 4.39 Å². The first-order chi connectivity index (χ1) is 8.20. The third kappa shape index (κ3) is 2.84. The molecule has 1 unspecified atom stereocenters. The van der Waals surface area contributed by atoms with Crippen LogP contribution in [0.25, 0.3) is 0 Å². The minimum atomic E-state index is -0.304. The summed E-state index contributed by atoms with van der Waals surface area (Å²) in [4.78, 5) is 1.09. The van der Waals surface area contributed by atoms with Crippen LogP contribution in [0.2, 0.25) is 0 Å². The van der Waals surface area contributed by atoms with Gasteiger partial charge < -0.3 is 10.5 Å². The quantitative estimate of drug-likeness (QED) is 0.905. The molecule has 2 nitrogen and oxygen atoms in total. The lowest BCUT2D eigenvalue weighted by Gasteiger charge is -2.17. The fourth-order valence-electron chi connectivity index (χ4n) is 1.63. The highest BCUT2D eigenvalue weighted by Gasteiger charge is 2.15. The highest BCUT2D eigenvalue weighted by atomic mass is 32.1. The lowest BCUT2D eigenvalue weighted by atomic mass is 10.2. The number of benzene rings is 1. The summed E-state index contributed by atoms with van der Waals surface area (Å²) in [5, 5.41) is 2.00. The molecule has 1 heterocycles. The Bertz CT molecular complexity index is 498. The SMILES string of the molecule is Cc1ccsc1C(CN)Oc1cccc(F)c1. The zero-order valence-electron chi connectivity index (χ0n) is 9.52. The van der Waals surface area contributed by atoms with Gasteiger partial charge in [0.15, 0.2) is 0 Å². The van der Waals surface area contributed by atoms with Gasteiger partial charge in [0.2, 0.25) is 0 Å². The van der Waals surface area contributed by atoms with Crippen LogP contribution in [0.4, 0.5) is 4.39 Å². The Hall–Kier alpha value is -1.39. The smallest absolute Gasteiger partial charge is 0.145 e. The van der Waals surface area contributed by atoms with Crippen LogP contribution in [0.3, 0.4) is 0 Å². The van der Waals surface area contributed by atoms with E-state index in [4.69, 9.17) is 10.5 Å². The van der Waals surface area contributed by atoms with Gasteiger partial charge in [0.1, 0.15) is 17.7 Å². The van der Waals surface area contributed by atoms with E-state index >= 15 is 0 Å². The van der Waals surface area contributed by atoms with E-state index < -0.39 is 0 Å². The summed E-state index contributed by atoms with van der Waals surface area (Å²) < 4.78 is 18.7. The van der Waals surface area contributed by atoms with Crippen LogP contribution >= 0.6 is 11.3 Å². The zero-order valence-corrected chi connectivity index (χ0v) is 10.3. The molecule has 2 aromatic rings. The highest BCUT2D eigenvalue weighted by Crippen LogP contribution is 2.28. The lowest BCUT2D eigenvalue weighted by Crippen LogP contribution is -2.18. The van der Waals surface area contributed by atoms with Crippen molar-refractivity contribution in [1.82, 2.24) is 0 Å². The predicted octanol–water partition coefficient (Wildman–Crippen LogP) is 3.27. The average Bonchev–Trinajstić information content (AvgIpc) is 2.72. The van der Waals surface area contributed by atoms with Gasteiger partial charge in [-0.05, 0) is 36.1 Å². The van der Waals surface area contributed by atoms with Crippen LogP contribution in [0.1, 0.15) is 16.5 Å². The van der Waals surface area contributed by atoms with Gasteiger partial charge in [0.05, 0.1) is 0 Å². The summed E-state index contributed by atoms with van der Waals surface area (Å²) in [5.41, 5.74) is 6.86. The largest absolute Gasteiger partial charge is 0.483 e. The third-order valence-corrected chi connectivity index (χ3v) is 3.59. The molecule has 0 radical (unpaired) electrons. The third-order valence-electron chi connectivity index (χ3n) is 2.48. The van der Waals surface area contributed by atoms with Crippen LogP contribution in [-0.4, -0.2) is 6.54 Å². The van der Waals surface area contributed by atoms with Crippen LogP contribution in [0, 0.1) is 12.7 Å². The van der Waals surface area contributed by atoms with E-state index in [1.54, 1.807) is 23.5 Å². The first-order valence-electron chi connectivity index (χ1n) is 5.37. The minimum absolute atomic E-state index is 0.211. The van der Waals surface area contributed by atoms with Crippen LogP contribution in [0.15, 0.2) is 35.7 Å². The fourth-order valence-corrected chi connectivity index (χ4v) is 2.60. The number of thiophene rings is 1. The summed E-state index contributed by atoms with van der Waals surface area (Å²) in [6.45, 7) is 2.39. The number of halogens is 1. The maximum absolute atomic E-state index is 13.0. The summed E-state index contributed by atoms with van der Waals surface area (Å²) in [7, 11) is 0. The van der Waals surface area contributed by atoms with Gasteiger partial charge in [-0.1, -0.05) is 6.07 Å². The van der Waals surface area contributed by atoms with Crippen molar-refractivity contribution in [1.29, 1.82) is 0 Å². The number of nitrogens with two attached hydrogens (primary N) is 1. The van der Waals surface area contributed by atoms with Crippen molar-refractivity contribution in [3.63, 3.8) is 0 Å². The van der Waals surface area contributed by atoms with E-state index in [0.717, 1.165) is 10.4 Å². The maximum atomic E-state index is 13.0. The molecule has 1 aromatic heterocycles. The number of ether oxygens (including phenoxy) is 1. The van der Waals surface area contributed by atoms with Gasteiger partial charge in [-0.25, -0.2) is 4.39 Å². The van der Waals surface area contributed by atoms with Crippen molar-refractivity contribution >= 4 is 11.3 Å². The lowest BCUT2D eigenvalue weighted by molar-refractivity contribution is 0.216. The molecule has 2 rings (SSSR count). The monoisotopic (exact) mass is 251 g/mol. The van der Waals surface area contributed by atoms with E-state index in [1.165, 1.54) is 12.1 Å². The second kappa shape index (κ2) is 5.29. The molecule has 1 aromatic carbocycles. The van der Waals surface area contributed by atoms with Crippen LogP contribution < -0.4 is 10.5 Å². The average molecular weight is 251 g/mol. The Morgan fingerprint density at radius 3 is 2.82 bits per heavy atom. The Kier molecular flexibility index (Phi) is 3.76. The molecule has 0 fully saturated rings. The molecule has 0 aliphatic carbocycles. The number of hydrogen-bond donors (Lipinski definition) is 1. The van der Waals surface area contributed by atoms with Crippen molar-refractivity contribution in [3.05, 3.63) is 52.0 Å². The number of aryl methyl sites for hydroxylation is 1. The van der Waals surface area contributed by atoms with Crippen molar-refractivity contribution in [2.24, 2.45) is 5.73 Å². The normalized spacial score (nSPS) is 12.4. The molecule has 4 heteroatoms. The molecule has 0 aliphatic rings. The molecular formula is C13H14FNOS. The molecule has 0 saturated carbocycles. The van der Waals surface area contributed by atoms with Gasteiger partial charge in [0.25, 0.3) is 0 Å². The molecule has 0 bridgehead atoms. The predicted molar refractivity (Wildman–Crippen MR) is 67.9 cm³/mol. The van der Waals surface area contributed by atoms with E-state index in [2.05, 4.69) is 0 Å². The molecule has 2 N–H and O–H groups in total. The van der Waals surface area contributed by atoms with Gasteiger partial charge in [-0.15, -0.1) is 11.3 Å². The number of hydrogen-bond acceptors (Lipinski definition) is 3. The molecule has 0 amide bonds. The second-order valence-corrected chi connectivity index (χ2v) is 4.72. The minimum Gasteiger partial charge on any atom is -0.483 e. The Morgan fingerprint density at radius 1 is 1.41 bits per heavy atom. The van der Waals surface area contributed by atoms with Gasteiger partial charge in [-0.3, -0.25) is 0 Å². The summed E-state index contributed by atoms with van der Waals surface area (Å²) in [6.07, 6.45) is -0.211. The van der Waals surface area contributed by atoms with E-state index in [1.807, 2.05) is 18.4 Å². The molecule has 0 saturated heterocycles. The molecule has 90 valence electrons. The van der Waals surface area contributed by atoms with E-state index in [0.29, 0.717) is 12.3 Å². The second-order valence-electron chi connectivity index (χ2n) is 3.77. The summed E-state index contributed by atoms with van der Waals surface area (Å²) in [5.74, 6) is 0.203. The number of rotatable bonds is 4. The fraction of sp³-hybridized carbons (Fsp3) is 0.231. The zero-order chi connectivity index (χ0) is 12.3. The molecule has 0 spiro atoms. The van der Waals surface area contributed by atoms with E-state index in [-0.39, 0.29) is 11.9 Å². The molecule has 1 atom stereocenters. The van der Waals surface area contributed by atoms with Crippen LogP contribution in [0.5, 0.6) is 5.75 Å². The first kappa shape index (κ1) is 12.1. The van der Waals surface area contributed by atoms with Gasteiger partial charge in [-0.2, -0.15) is 0 Å². The maximum Gasteiger partial charge on any atom is 0.145 e. The molecular weight excluding hydrogens is 237 g/mol. The first-order valence-corrected chi connectivity index (χ1v) is 6.25. The van der Waals surface area contributed by atoms with Crippen LogP contribution in [-0.2, 0) is 0 Å². The Morgan fingerprint density at radius 2 is 2.24 bits per heavy atom. The Labute approximate surface area is 104 Å². The van der Waals surface area contributed by atoms with Gasteiger partial charge >= 0.3 is 0 Å². The molecule has 0 aliphatic heterocycles. The van der Waals surface area contributed by atoms with Crippen molar-refractivity contribution in [2.45, 2.75) is 13.0 Å². The topological polar surface area (TPSA) is 35.2 Å². The van der Waals surface area contributed by atoms with Crippen molar-refractivity contribution in [2.75, 3.05) is 6.54 Å². The molecule has 17 heavy (non-hydrogen) atoms. The summed E-state index contributed by atoms with van der Waals surface area (Å²) in [6, 6.07) is 8.14. The van der Waals surface area contributed by atoms with Crippen molar-refractivity contribution < 1.29 is 9.13 Å². The van der Waals surface area contributed by atoms with Crippen molar-refractivity contribution in [3.8, 4) is 5.75 Å². The standard InChI is InChI=1S/C13H14FNOS/c1-9-5-6-17-13(9)12(8-15)16-11-4-2-3-10(14)7-11/h2-7,12H,8,15H2,1H3. The summed E-state index contributed by atoms with van der Waals surface area (Å²) >= 11 is 1.61. The van der Waals surface area contributed by atoms with Gasteiger partial charge in [0, 0.05) is 17.5 Å². The highest BCUT2D eigenvalue weighted by molar-refractivity contribution is 7.10.